The minimum absolute atomic E-state index is 0.0823. The molecule has 0 saturated carbocycles. The second-order valence-corrected chi connectivity index (χ2v) is 7.84. The van der Waals surface area contributed by atoms with E-state index in [1.165, 1.54) is 0 Å². The highest BCUT2D eigenvalue weighted by molar-refractivity contribution is 7.85. The van der Waals surface area contributed by atoms with Gasteiger partial charge in [-0.1, -0.05) is 6.07 Å². The van der Waals surface area contributed by atoms with Gasteiger partial charge in [0.15, 0.2) is 0 Å². The van der Waals surface area contributed by atoms with Gasteiger partial charge in [-0.3, -0.25) is 4.21 Å². The van der Waals surface area contributed by atoms with Crippen molar-refractivity contribution >= 4 is 16.9 Å². The summed E-state index contributed by atoms with van der Waals surface area (Å²) in [5, 5.41) is 0.495. The van der Waals surface area contributed by atoms with Gasteiger partial charge in [0.2, 0.25) is 0 Å². The van der Waals surface area contributed by atoms with Crippen molar-refractivity contribution < 1.29 is 13.7 Å². The fourth-order valence-electron chi connectivity index (χ4n) is 2.24. The number of ether oxygens (including phenoxy) is 1. The standard InChI is InChI=1S/C15H22N2O3S/c1-15(2,3)20-14(18)17-10-6-7-12(11-17)21(19)13-8-4-5-9-16-13/h4-5,8-9,12H,6-7,10-11H2,1-3H3/t12-,21+/m1/s1. The molecule has 6 heteroatoms. The third-order valence-corrected chi connectivity index (χ3v) is 4.82. The lowest BCUT2D eigenvalue weighted by Gasteiger charge is -2.33. The highest BCUT2D eigenvalue weighted by Crippen LogP contribution is 2.21. The van der Waals surface area contributed by atoms with Crippen molar-refractivity contribution in [1.29, 1.82) is 0 Å². The van der Waals surface area contributed by atoms with E-state index >= 15 is 0 Å². The molecule has 1 saturated heterocycles. The van der Waals surface area contributed by atoms with Crippen LogP contribution in [0.4, 0.5) is 4.79 Å². The van der Waals surface area contributed by atoms with Crippen molar-refractivity contribution in [2.24, 2.45) is 0 Å². The van der Waals surface area contributed by atoms with Gasteiger partial charge < -0.3 is 9.64 Å². The monoisotopic (exact) mass is 310 g/mol. The van der Waals surface area contributed by atoms with Crippen molar-refractivity contribution in [3.63, 3.8) is 0 Å². The minimum Gasteiger partial charge on any atom is -0.444 e. The Labute approximate surface area is 128 Å². The second-order valence-electron chi connectivity index (χ2n) is 6.16. The molecule has 0 N–H and O–H groups in total. The molecular weight excluding hydrogens is 288 g/mol. The topological polar surface area (TPSA) is 59.5 Å². The highest BCUT2D eigenvalue weighted by Gasteiger charge is 2.31. The molecule has 0 aromatic carbocycles. The lowest BCUT2D eigenvalue weighted by atomic mass is 10.1. The van der Waals surface area contributed by atoms with Crippen LogP contribution in [0.15, 0.2) is 29.4 Å². The summed E-state index contributed by atoms with van der Waals surface area (Å²) >= 11 is 0. The second kappa shape index (κ2) is 6.56. The first kappa shape index (κ1) is 15.9. The number of pyridine rings is 1. The molecule has 1 amide bonds. The van der Waals surface area contributed by atoms with Crippen molar-refractivity contribution in [2.45, 2.75) is 49.5 Å². The van der Waals surface area contributed by atoms with Gasteiger partial charge in [0, 0.05) is 19.3 Å². The van der Waals surface area contributed by atoms with Crippen LogP contribution < -0.4 is 0 Å². The average molecular weight is 310 g/mol. The third kappa shape index (κ3) is 4.52. The Kier molecular flexibility index (Phi) is 4.98. The molecule has 2 atom stereocenters. The number of amides is 1. The smallest absolute Gasteiger partial charge is 0.410 e. The first-order valence-electron chi connectivity index (χ1n) is 7.16. The summed E-state index contributed by atoms with van der Waals surface area (Å²) in [6, 6.07) is 5.39. The van der Waals surface area contributed by atoms with Crippen LogP contribution in [0.25, 0.3) is 0 Å². The van der Waals surface area contributed by atoms with Crippen LogP contribution in [0.2, 0.25) is 0 Å². The molecule has 0 aliphatic carbocycles. The van der Waals surface area contributed by atoms with E-state index in [1.807, 2.05) is 26.8 Å². The van der Waals surface area contributed by atoms with Gasteiger partial charge in [-0.15, -0.1) is 0 Å². The molecule has 1 fully saturated rings. The van der Waals surface area contributed by atoms with Crippen LogP contribution in [0.1, 0.15) is 33.6 Å². The number of aromatic nitrogens is 1. The Balaban J connectivity index is 2.01. The number of likely N-dealkylation sites (tertiary alicyclic amines) is 1. The van der Waals surface area contributed by atoms with E-state index in [0.29, 0.717) is 18.1 Å². The summed E-state index contributed by atoms with van der Waals surface area (Å²) in [7, 11) is -1.19. The molecule has 5 nitrogen and oxygen atoms in total. The van der Waals surface area contributed by atoms with Crippen LogP contribution in [0, 0.1) is 0 Å². The first-order valence-corrected chi connectivity index (χ1v) is 8.37. The van der Waals surface area contributed by atoms with E-state index in [9.17, 15) is 9.00 Å². The molecule has 1 aromatic rings. The fraction of sp³-hybridized carbons (Fsp3) is 0.600. The SMILES string of the molecule is CC(C)(C)OC(=O)N1CCC[C@@H]([S@](=O)c2ccccn2)C1. The minimum atomic E-state index is -1.19. The summed E-state index contributed by atoms with van der Waals surface area (Å²) in [6.45, 7) is 6.65. The van der Waals surface area contributed by atoms with Gasteiger partial charge >= 0.3 is 6.09 Å². The Morgan fingerprint density at radius 2 is 2.19 bits per heavy atom. The number of nitrogens with zero attached hydrogens (tertiary/aromatic N) is 2. The maximum Gasteiger partial charge on any atom is 0.410 e. The fourth-order valence-corrected chi connectivity index (χ4v) is 3.66. The molecule has 2 rings (SSSR count). The van der Waals surface area contributed by atoms with Crippen molar-refractivity contribution in [1.82, 2.24) is 9.88 Å². The first-order chi connectivity index (χ1) is 9.87. The normalized spacial score (nSPS) is 20.9. The van der Waals surface area contributed by atoms with Crippen LogP contribution in [-0.4, -0.2) is 44.1 Å². The maximum absolute atomic E-state index is 12.5. The van der Waals surface area contributed by atoms with Gasteiger partial charge in [0.1, 0.15) is 10.6 Å². The highest BCUT2D eigenvalue weighted by atomic mass is 32.2. The zero-order valence-electron chi connectivity index (χ0n) is 12.7. The molecule has 0 bridgehead atoms. The van der Waals surface area contributed by atoms with E-state index in [0.717, 1.165) is 12.8 Å². The predicted octanol–water partition coefficient (Wildman–Crippen LogP) is 2.59. The molecule has 1 aromatic heterocycles. The van der Waals surface area contributed by atoms with E-state index in [2.05, 4.69) is 4.98 Å². The van der Waals surface area contributed by atoms with Crippen LogP contribution >= 0.6 is 0 Å². The average Bonchev–Trinajstić information content (AvgIpc) is 2.46. The van der Waals surface area contributed by atoms with Gasteiger partial charge in [0.05, 0.1) is 16.0 Å². The molecule has 0 radical (unpaired) electrons. The number of carbonyl (C=O) groups is 1. The molecule has 1 aliphatic heterocycles. The lowest BCUT2D eigenvalue weighted by molar-refractivity contribution is 0.0219. The molecule has 0 spiro atoms. The van der Waals surface area contributed by atoms with Gasteiger partial charge in [-0.05, 0) is 45.7 Å². The van der Waals surface area contributed by atoms with E-state index < -0.39 is 16.4 Å². The lowest BCUT2D eigenvalue weighted by Crippen LogP contribution is -2.45. The Hall–Kier alpha value is -1.43. The number of hydrogen-bond donors (Lipinski definition) is 0. The van der Waals surface area contributed by atoms with Crippen LogP contribution in [0.3, 0.4) is 0 Å². The third-order valence-electron chi connectivity index (χ3n) is 3.18. The molecule has 21 heavy (non-hydrogen) atoms. The maximum atomic E-state index is 12.5. The zero-order chi connectivity index (χ0) is 15.5. The summed E-state index contributed by atoms with van der Waals surface area (Å²) in [5.74, 6) is 0. The Bertz CT molecular complexity index is 513. The van der Waals surface area contributed by atoms with Crippen molar-refractivity contribution in [3.8, 4) is 0 Å². The summed E-state index contributed by atoms with van der Waals surface area (Å²) in [5.41, 5.74) is -0.510. The summed E-state index contributed by atoms with van der Waals surface area (Å²) < 4.78 is 17.9. The molecule has 1 aliphatic rings. The largest absolute Gasteiger partial charge is 0.444 e. The molecule has 2 heterocycles. The van der Waals surface area contributed by atoms with E-state index in [4.69, 9.17) is 4.74 Å². The van der Waals surface area contributed by atoms with Crippen LogP contribution in [0.5, 0.6) is 0 Å². The summed E-state index contributed by atoms with van der Waals surface area (Å²) in [6.07, 6.45) is 2.98. The quantitative estimate of drug-likeness (QED) is 0.842. The van der Waals surface area contributed by atoms with Gasteiger partial charge in [-0.2, -0.15) is 0 Å². The zero-order valence-corrected chi connectivity index (χ0v) is 13.6. The number of carbonyl (C=O) groups excluding carboxylic acids is 1. The van der Waals surface area contributed by atoms with Crippen LogP contribution in [-0.2, 0) is 15.5 Å². The Morgan fingerprint density at radius 1 is 1.43 bits per heavy atom. The summed E-state index contributed by atoms with van der Waals surface area (Å²) in [4.78, 5) is 17.9. The number of rotatable bonds is 2. The van der Waals surface area contributed by atoms with E-state index in [-0.39, 0.29) is 11.3 Å². The molecule has 0 unspecified atom stereocenters. The molecular formula is C15H22N2O3S. The number of hydrogen-bond acceptors (Lipinski definition) is 4. The van der Waals surface area contributed by atoms with Crippen molar-refractivity contribution in [2.75, 3.05) is 13.1 Å². The van der Waals surface area contributed by atoms with Crippen molar-refractivity contribution in [3.05, 3.63) is 24.4 Å². The molecule has 116 valence electrons. The van der Waals surface area contributed by atoms with E-state index in [1.54, 1.807) is 23.2 Å². The Morgan fingerprint density at radius 3 is 2.81 bits per heavy atom. The van der Waals surface area contributed by atoms with Gasteiger partial charge in [-0.25, -0.2) is 9.78 Å². The number of piperidine rings is 1. The predicted molar refractivity (Wildman–Crippen MR) is 81.5 cm³/mol. The van der Waals surface area contributed by atoms with Gasteiger partial charge in [0.25, 0.3) is 0 Å².